The van der Waals surface area contributed by atoms with E-state index in [1.807, 2.05) is 43.3 Å². The van der Waals surface area contributed by atoms with Crippen LogP contribution in [0.15, 0.2) is 66.7 Å². The highest BCUT2D eigenvalue weighted by Gasteiger charge is 2.41. The molecule has 0 bridgehead atoms. The Kier molecular flexibility index (Phi) is 8.34. The number of hydrogen-bond donors (Lipinski definition) is 1. The van der Waals surface area contributed by atoms with Gasteiger partial charge < -0.3 is 19.3 Å². The number of Topliss-reactive ketones (excluding diaryl/α,β-unsaturated/α-hetero) is 2. The van der Waals surface area contributed by atoms with E-state index in [1.165, 1.54) is 0 Å². The summed E-state index contributed by atoms with van der Waals surface area (Å²) in [4.78, 5) is 41.9. The van der Waals surface area contributed by atoms with E-state index in [-0.39, 0.29) is 37.1 Å². The van der Waals surface area contributed by atoms with Gasteiger partial charge in [0, 0.05) is 22.8 Å². The Morgan fingerprint density at radius 3 is 2.42 bits per heavy atom. The first kappa shape index (κ1) is 29.1. The number of ether oxygens (including phenoxy) is 1. The van der Waals surface area contributed by atoms with Crippen molar-refractivity contribution in [2.45, 2.75) is 26.4 Å². The van der Waals surface area contributed by atoms with E-state index >= 15 is 0 Å². The number of aliphatic hydroxyl groups is 1. The minimum atomic E-state index is -0.873. The van der Waals surface area contributed by atoms with Gasteiger partial charge in [-0.2, -0.15) is 0 Å². The van der Waals surface area contributed by atoms with Crippen LogP contribution in [0.2, 0.25) is 0 Å². The molecule has 9 nitrogen and oxygen atoms in total. The van der Waals surface area contributed by atoms with Crippen LogP contribution in [0.5, 0.6) is 5.75 Å². The predicted molar refractivity (Wildman–Crippen MR) is 162 cm³/mol. The highest BCUT2D eigenvalue weighted by Crippen LogP contribution is 2.30. The molecule has 43 heavy (non-hydrogen) atoms. The number of aliphatic hydroxyl groups excluding tert-OH is 1. The number of ketones is 2. The maximum atomic E-state index is 13.4. The molecule has 1 aromatic heterocycles. The maximum Gasteiger partial charge on any atom is 0.258 e. The van der Waals surface area contributed by atoms with Gasteiger partial charge in [0.1, 0.15) is 30.4 Å². The molecule has 1 saturated heterocycles. The molecule has 4 aromatic rings. The molecule has 10 heteroatoms. The molecule has 1 fully saturated rings. The van der Waals surface area contributed by atoms with E-state index in [0.717, 1.165) is 22.4 Å². The normalized spacial score (nSPS) is 15.8. The van der Waals surface area contributed by atoms with E-state index in [2.05, 4.69) is 9.13 Å². The van der Waals surface area contributed by atoms with E-state index in [4.69, 9.17) is 4.74 Å². The number of aryl methyl sites for hydroxylation is 1. The highest BCUT2D eigenvalue weighted by atomic mass is 32.2. The third-order valence-corrected chi connectivity index (χ3v) is 9.56. The molecule has 1 aliphatic carbocycles. The summed E-state index contributed by atoms with van der Waals surface area (Å²) >= 11 is -0.873. The van der Waals surface area contributed by atoms with Crippen LogP contribution >= 0.6 is 0 Å². The average molecular weight is 601 g/mol. The molecular formula is C33H34N3O6S+. The van der Waals surface area contributed by atoms with Gasteiger partial charge in [0.2, 0.25) is 0 Å². The first-order chi connectivity index (χ1) is 20.9. The number of amides is 1. The fourth-order valence-corrected chi connectivity index (χ4v) is 7.21. The average Bonchev–Trinajstić information content (AvgIpc) is 3.45. The van der Waals surface area contributed by atoms with Gasteiger partial charge in [0.05, 0.1) is 38.6 Å². The third-order valence-electron chi connectivity index (χ3n) is 8.29. The molecular weight excluding hydrogens is 566 g/mol. The zero-order valence-electron chi connectivity index (χ0n) is 24.0. The van der Waals surface area contributed by atoms with Crippen molar-refractivity contribution < 1.29 is 33.3 Å². The molecule has 1 amide bonds. The largest absolute Gasteiger partial charge is 0.616 e. The summed E-state index contributed by atoms with van der Waals surface area (Å²) in [6, 6.07) is 20.2. The summed E-state index contributed by atoms with van der Waals surface area (Å²) in [5.74, 6) is 1.20. The van der Waals surface area contributed by atoms with Crippen LogP contribution in [0.3, 0.4) is 0 Å². The number of carbonyl (C=O) groups is 3. The molecule has 1 aliphatic heterocycles. The number of fused-ring (bicyclic) bond motifs is 2. The zero-order valence-corrected chi connectivity index (χ0v) is 24.8. The van der Waals surface area contributed by atoms with Gasteiger partial charge in [-0.25, -0.2) is 9.13 Å². The highest BCUT2D eigenvalue weighted by molar-refractivity contribution is 7.91. The number of imidazole rings is 1. The molecule has 2 heterocycles. The van der Waals surface area contributed by atoms with Crippen molar-refractivity contribution >= 4 is 39.7 Å². The first-order valence-corrected chi connectivity index (χ1v) is 16.1. The standard InChI is InChI=1S/C33H34N3O6S/c1-2-35-29-19-24(42-15-14-37)10-11-28(29)36(30(35)20-27-31(38)25-8-3-4-9-26(25)32(27)39)21-22-6-5-7-23(18-22)33(40)34-12-16-43(41)17-13-34/h3-11,18-19,27,37H,2,12-17,20-21H2,1H3/q+1. The van der Waals surface area contributed by atoms with Gasteiger partial charge in [0.25, 0.3) is 11.7 Å². The lowest BCUT2D eigenvalue weighted by Gasteiger charge is -2.28. The lowest BCUT2D eigenvalue weighted by Crippen LogP contribution is -2.44. The minimum absolute atomic E-state index is 0.0784. The zero-order chi connectivity index (χ0) is 30.1. The second-order valence-corrected chi connectivity index (χ2v) is 12.5. The molecule has 0 radical (unpaired) electrons. The number of carbonyl (C=O) groups excluding carboxylic acids is 3. The van der Waals surface area contributed by atoms with Crippen LogP contribution in [0.1, 0.15) is 49.4 Å². The summed E-state index contributed by atoms with van der Waals surface area (Å²) in [6.45, 7) is 4.06. The van der Waals surface area contributed by atoms with Gasteiger partial charge in [-0.3, -0.25) is 14.4 Å². The molecule has 0 atom stereocenters. The molecule has 0 saturated carbocycles. The second-order valence-electron chi connectivity index (χ2n) is 10.8. The Bertz CT molecular complexity index is 1670. The van der Waals surface area contributed by atoms with Crippen LogP contribution in [0.4, 0.5) is 0 Å². The monoisotopic (exact) mass is 600 g/mol. The smallest absolute Gasteiger partial charge is 0.258 e. The SMILES string of the molecule is CCn1c(CC2C(=O)c3ccccc3C2=O)[n+](Cc2cccc(C(=O)N3CC[S+]([O-])CC3)c2)c2ccc(OCCO)cc21. The van der Waals surface area contributed by atoms with Crippen molar-refractivity contribution in [3.8, 4) is 5.75 Å². The lowest BCUT2D eigenvalue weighted by atomic mass is 9.99. The van der Waals surface area contributed by atoms with Crippen LogP contribution in [0, 0.1) is 5.92 Å². The minimum Gasteiger partial charge on any atom is -0.616 e. The molecule has 0 spiro atoms. The second kappa shape index (κ2) is 12.3. The van der Waals surface area contributed by atoms with E-state index < -0.39 is 17.1 Å². The number of aromatic nitrogens is 2. The number of nitrogens with zero attached hydrogens (tertiary/aromatic N) is 3. The Labute approximate surface area is 252 Å². The Morgan fingerprint density at radius 2 is 1.74 bits per heavy atom. The fourth-order valence-electron chi connectivity index (χ4n) is 6.16. The van der Waals surface area contributed by atoms with Crippen LogP contribution in [0.25, 0.3) is 11.0 Å². The summed E-state index contributed by atoms with van der Waals surface area (Å²) in [6.07, 6.45) is 0.227. The number of hydrogen-bond acceptors (Lipinski definition) is 6. The maximum absolute atomic E-state index is 13.4. The Balaban J connectivity index is 1.39. The Hall–Kier alpha value is -3.99. The van der Waals surface area contributed by atoms with Gasteiger partial charge in [-0.05, 0) is 36.8 Å². The molecule has 0 unspecified atom stereocenters. The number of rotatable bonds is 9. The third kappa shape index (κ3) is 5.58. The summed E-state index contributed by atoms with van der Waals surface area (Å²) in [5, 5.41) is 9.25. The molecule has 6 rings (SSSR count). The molecule has 3 aromatic carbocycles. The molecule has 2 aliphatic rings. The van der Waals surface area contributed by atoms with Crippen molar-refractivity contribution in [1.29, 1.82) is 0 Å². The van der Waals surface area contributed by atoms with Gasteiger partial charge >= 0.3 is 0 Å². The Morgan fingerprint density at radius 1 is 1.02 bits per heavy atom. The predicted octanol–water partition coefficient (Wildman–Crippen LogP) is 2.81. The van der Waals surface area contributed by atoms with Gasteiger partial charge in [-0.1, -0.05) is 47.6 Å². The van der Waals surface area contributed by atoms with Crippen molar-refractivity contribution in [3.63, 3.8) is 0 Å². The summed E-state index contributed by atoms with van der Waals surface area (Å²) in [5.41, 5.74) is 4.20. The number of benzene rings is 3. The van der Waals surface area contributed by atoms with Crippen LogP contribution < -0.4 is 9.30 Å². The van der Waals surface area contributed by atoms with Crippen molar-refractivity contribution in [3.05, 3.63) is 94.8 Å². The summed E-state index contributed by atoms with van der Waals surface area (Å²) < 4.78 is 21.7. The van der Waals surface area contributed by atoms with Crippen LogP contribution in [-0.2, 0) is 30.7 Å². The topological polar surface area (TPSA) is 116 Å². The first-order valence-electron chi connectivity index (χ1n) is 14.6. The van der Waals surface area contributed by atoms with Gasteiger partial charge in [-0.15, -0.1) is 0 Å². The van der Waals surface area contributed by atoms with E-state index in [0.29, 0.717) is 60.1 Å². The summed E-state index contributed by atoms with van der Waals surface area (Å²) in [7, 11) is 0. The quantitative estimate of drug-likeness (QED) is 0.180. The van der Waals surface area contributed by atoms with Crippen molar-refractivity contribution in [1.82, 2.24) is 9.47 Å². The van der Waals surface area contributed by atoms with Crippen LogP contribution in [-0.4, -0.2) is 74.4 Å². The van der Waals surface area contributed by atoms with E-state index in [1.54, 1.807) is 35.2 Å². The molecule has 1 N–H and O–H groups in total. The van der Waals surface area contributed by atoms with Gasteiger partial charge in [0.15, 0.2) is 22.6 Å². The van der Waals surface area contributed by atoms with Crippen molar-refractivity contribution in [2.75, 3.05) is 37.8 Å². The molecule has 222 valence electrons. The van der Waals surface area contributed by atoms with Crippen molar-refractivity contribution in [2.24, 2.45) is 5.92 Å². The fraction of sp³-hybridized carbons (Fsp3) is 0.333. The van der Waals surface area contributed by atoms with E-state index in [9.17, 15) is 24.0 Å². The lowest BCUT2D eigenvalue weighted by molar-refractivity contribution is -0.671.